The maximum atomic E-state index is 13.7. The molecule has 2 aromatic heterocycles. The molecule has 1 amide bonds. The van der Waals surface area contributed by atoms with Crippen LogP contribution in [0.15, 0.2) is 79.4 Å². The lowest BCUT2D eigenvalue weighted by atomic mass is 10.2. The first-order chi connectivity index (χ1) is 17.3. The Kier molecular flexibility index (Phi) is 8.53. The van der Waals surface area contributed by atoms with Gasteiger partial charge >= 0.3 is 0 Å². The molecular weight excluding hydrogens is 516 g/mol. The summed E-state index contributed by atoms with van der Waals surface area (Å²) in [6.07, 6.45) is 2.28. The van der Waals surface area contributed by atoms with E-state index in [2.05, 4.69) is 25.5 Å². The number of hydrogen-bond acceptors (Lipinski definition) is 6. The van der Waals surface area contributed by atoms with Crippen LogP contribution in [0.4, 0.5) is 29.5 Å². The van der Waals surface area contributed by atoms with Crippen molar-refractivity contribution in [2.24, 2.45) is 0 Å². The molecule has 0 unspecified atom stereocenters. The van der Waals surface area contributed by atoms with Crippen molar-refractivity contribution in [2.45, 2.75) is 0 Å². The van der Waals surface area contributed by atoms with Gasteiger partial charge in [-0.1, -0.05) is 30.3 Å². The minimum absolute atomic E-state index is 0. The van der Waals surface area contributed by atoms with Crippen molar-refractivity contribution in [1.29, 1.82) is 0 Å². The first-order valence-electron chi connectivity index (χ1n) is 10.2. The number of nitrogens with one attached hydrogen (secondary N) is 1. The number of halogens is 5. The van der Waals surface area contributed by atoms with Crippen LogP contribution in [0.25, 0.3) is 11.4 Å². The molecule has 2 heterocycles. The van der Waals surface area contributed by atoms with Gasteiger partial charge in [0.1, 0.15) is 24.0 Å². The van der Waals surface area contributed by atoms with Crippen LogP contribution in [0.2, 0.25) is 0 Å². The first-order valence-corrected chi connectivity index (χ1v) is 10.2. The molecule has 0 bridgehead atoms. The number of anilines is 2. The van der Waals surface area contributed by atoms with E-state index < -0.39 is 29.2 Å². The Labute approximate surface area is 213 Å². The third-order valence-electron chi connectivity index (χ3n) is 4.60. The number of rotatable bonds is 4. The summed E-state index contributed by atoms with van der Waals surface area (Å²) in [5.41, 5.74) is 5.02. The molecule has 5 aromatic rings. The lowest BCUT2D eigenvalue weighted by Gasteiger charge is -2.03. The Balaban J connectivity index is 0.000000220. The highest BCUT2D eigenvalue weighted by atomic mass is 35.5. The lowest BCUT2D eigenvalue weighted by Crippen LogP contribution is -2.13. The van der Waals surface area contributed by atoms with Gasteiger partial charge in [0.05, 0.1) is 0 Å². The molecule has 0 radical (unpaired) electrons. The molecule has 0 aliphatic rings. The molecular formula is C23H17ClF4N8O. The zero-order valence-corrected chi connectivity index (χ0v) is 19.4. The maximum absolute atomic E-state index is 13.7. The molecule has 5 rings (SSSR count). The van der Waals surface area contributed by atoms with Crippen molar-refractivity contribution >= 4 is 30.2 Å². The van der Waals surface area contributed by atoms with E-state index in [-0.39, 0.29) is 35.7 Å². The van der Waals surface area contributed by atoms with Crippen LogP contribution >= 0.6 is 12.4 Å². The second kappa shape index (κ2) is 11.8. The SMILES string of the molecule is Cl.Nc1ncn(-c2c(F)cccc2F)n1.O=C(Nc1ncn(-c2c(F)cccc2F)n1)c1ccccc1. The molecule has 0 aliphatic heterocycles. The summed E-state index contributed by atoms with van der Waals surface area (Å²) in [6, 6.07) is 15.5. The Morgan fingerprint density at radius 2 is 1.19 bits per heavy atom. The van der Waals surface area contributed by atoms with Crippen LogP contribution in [0.3, 0.4) is 0 Å². The quantitative estimate of drug-likeness (QED) is 0.332. The van der Waals surface area contributed by atoms with Crippen LogP contribution < -0.4 is 11.1 Å². The summed E-state index contributed by atoms with van der Waals surface area (Å²) >= 11 is 0. The molecule has 0 fully saturated rings. The Morgan fingerprint density at radius 3 is 1.68 bits per heavy atom. The van der Waals surface area contributed by atoms with Gasteiger partial charge < -0.3 is 5.73 Å². The number of nitrogen functional groups attached to an aromatic ring is 1. The molecule has 0 saturated carbocycles. The van der Waals surface area contributed by atoms with E-state index in [1.807, 2.05) is 0 Å². The monoisotopic (exact) mass is 532 g/mol. The number of nitrogens with two attached hydrogens (primary N) is 1. The number of carbonyl (C=O) groups excluding carboxylic acids is 1. The van der Waals surface area contributed by atoms with E-state index in [0.717, 1.165) is 46.3 Å². The Bertz CT molecular complexity index is 1470. The largest absolute Gasteiger partial charge is 0.366 e. The van der Waals surface area contributed by atoms with Crippen molar-refractivity contribution < 1.29 is 22.4 Å². The van der Waals surface area contributed by atoms with E-state index in [9.17, 15) is 22.4 Å². The molecule has 0 spiro atoms. The minimum Gasteiger partial charge on any atom is -0.366 e. The van der Waals surface area contributed by atoms with Gasteiger partial charge in [-0.05, 0) is 36.4 Å². The van der Waals surface area contributed by atoms with E-state index >= 15 is 0 Å². The van der Waals surface area contributed by atoms with Crippen molar-refractivity contribution in [1.82, 2.24) is 29.5 Å². The van der Waals surface area contributed by atoms with Gasteiger partial charge in [-0.2, -0.15) is 4.98 Å². The van der Waals surface area contributed by atoms with Gasteiger partial charge in [-0.15, -0.1) is 22.6 Å². The number of amides is 1. The van der Waals surface area contributed by atoms with Gasteiger partial charge in [0.2, 0.25) is 11.9 Å². The molecule has 14 heteroatoms. The highest BCUT2D eigenvalue weighted by Crippen LogP contribution is 2.17. The summed E-state index contributed by atoms with van der Waals surface area (Å²) in [4.78, 5) is 19.3. The molecule has 190 valence electrons. The molecule has 0 aliphatic carbocycles. The fourth-order valence-corrected chi connectivity index (χ4v) is 2.99. The molecule has 0 atom stereocenters. The number of benzene rings is 3. The Morgan fingerprint density at radius 1 is 0.703 bits per heavy atom. The van der Waals surface area contributed by atoms with Gasteiger partial charge in [-0.3, -0.25) is 10.1 Å². The van der Waals surface area contributed by atoms with E-state index in [1.54, 1.807) is 30.3 Å². The summed E-state index contributed by atoms with van der Waals surface area (Å²) < 4.78 is 55.6. The second-order valence-corrected chi connectivity index (χ2v) is 7.02. The van der Waals surface area contributed by atoms with Crippen LogP contribution in [0, 0.1) is 23.3 Å². The smallest absolute Gasteiger partial charge is 0.258 e. The number of aromatic nitrogens is 6. The Hall–Kier alpha value is -4.78. The average molecular weight is 533 g/mol. The maximum Gasteiger partial charge on any atom is 0.258 e. The fourth-order valence-electron chi connectivity index (χ4n) is 2.99. The third kappa shape index (κ3) is 6.27. The summed E-state index contributed by atoms with van der Waals surface area (Å²) in [5, 5.41) is 9.93. The van der Waals surface area contributed by atoms with Gasteiger partial charge in [-0.25, -0.2) is 31.9 Å². The lowest BCUT2D eigenvalue weighted by molar-refractivity contribution is 0.102. The number of para-hydroxylation sites is 2. The van der Waals surface area contributed by atoms with Crippen molar-refractivity contribution in [3.8, 4) is 11.4 Å². The van der Waals surface area contributed by atoms with Crippen molar-refractivity contribution in [3.05, 3.63) is 108 Å². The summed E-state index contributed by atoms with van der Waals surface area (Å²) in [7, 11) is 0. The second-order valence-electron chi connectivity index (χ2n) is 7.02. The van der Waals surface area contributed by atoms with Crippen LogP contribution in [-0.2, 0) is 0 Å². The molecule has 9 nitrogen and oxygen atoms in total. The molecule has 3 N–H and O–H groups in total. The zero-order chi connectivity index (χ0) is 25.7. The fraction of sp³-hybridized carbons (Fsp3) is 0. The van der Waals surface area contributed by atoms with E-state index in [1.165, 1.54) is 12.1 Å². The number of nitrogens with zero attached hydrogens (tertiary/aromatic N) is 6. The highest BCUT2D eigenvalue weighted by molar-refractivity contribution is 6.03. The minimum atomic E-state index is -0.772. The zero-order valence-electron chi connectivity index (χ0n) is 18.6. The van der Waals surface area contributed by atoms with E-state index in [0.29, 0.717) is 5.56 Å². The summed E-state index contributed by atoms with van der Waals surface area (Å²) in [5.74, 6) is -3.46. The van der Waals surface area contributed by atoms with Crippen LogP contribution in [0.1, 0.15) is 10.4 Å². The first kappa shape index (κ1) is 26.8. The normalized spacial score (nSPS) is 10.2. The average Bonchev–Trinajstić information content (AvgIpc) is 3.49. The van der Waals surface area contributed by atoms with E-state index in [4.69, 9.17) is 5.73 Å². The number of hydrogen-bond donors (Lipinski definition) is 2. The summed E-state index contributed by atoms with van der Waals surface area (Å²) in [6.45, 7) is 0. The predicted octanol–water partition coefficient (Wildman–Crippen LogP) is 4.35. The van der Waals surface area contributed by atoms with Gasteiger partial charge in [0.15, 0.2) is 23.3 Å². The molecule has 3 aromatic carbocycles. The predicted molar refractivity (Wildman–Crippen MR) is 129 cm³/mol. The van der Waals surface area contributed by atoms with Gasteiger partial charge in [0, 0.05) is 5.56 Å². The molecule has 37 heavy (non-hydrogen) atoms. The van der Waals surface area contributed by atoms with Crippen LogP contribution in [0.5, 0.6) is 0 Å². The standard InChI is InChI=1S/C15H10F2N4O.C8H6F2N4.ClH/c16-11-7-4-8-12(17)13(11)21-9-18-15(20-21)19-14(22)10-5-2-1-3-6-10;9-5-2-1-3-6(10)7(5)14-4-12-8(11)13-14;/h1-9H,(H,19,20,22);1-4H,(H2,11,13);1H. The topological polar surface area (TPSA) is 117 Å². The third-order valence-corrected chi connectivity index (χ3v) is 4.60. The van der Waals surface area contributed by atoms with Crippen molar-refractivity contribution in [3.63, 3.8) is 0 Å². The highest BCUT2D eigenvalue weighted by Gasteiger charge is 2.14. The van der Waals surface area contributed by atoms with Crippen molar-refractivity contribution in [2.75, 3.05) is 11.1 Å². The van der Waals surface area contributed by atoms with Crippen LogP contribution in [-0.4, -0.2) is 35.4 Å². The van der Waals surface area contributed by atoms with Gasteiger partial charge in [0.25, 0.3) is 5.91 Å². The molecule has 0 saturated heterocycles. The number of carbonyl (C=O) groups is 1.